The SMILES string of the molecule is Cc1ccnc(N2CCOC(CN(C)CC(N)=O)C2)n1. The number of morpholine rings is 1. The summed E-state index contributed by atoms with van der Waals surface area (Å²) in [6.07, 6.45) is 1.79. The monoisotopic (exact) mass is 279 g/mol. The quantitative estimate of drug-likeness (QED) is 0.775. The number of primary amides is 1. The van der Waals surface area contributed by atoms with E-state index in [2.05, 4.69) is 14.9 Å². The highest BCUT2D eigenvalue weighted by molar-refractivity contribution is 5.75. The number of hydrogen-bond donors (Lipinski definition) is 1. The largest absolute Gasteiger partial charge is 0.373 e. The van der Waals surface area contributed by atoms with Crippen molar-refractivity contribution in [2.75, 3.05) is 44.7 Å². The molecule has 1 saturated heterocycles. The topological polar surface area (TPSA) is 84.6 Å². The molecule has 1 fully saturated rings. The normalized spacial score (nSPS) is 19.4. The highest BCUT2D eigenvalue weighted by Crippen LogP contribution is 2.13. The second-order valence-electron chi connectivity index (χ2n) is 5.10. The number of carbonyl (C=O) groups excluding carboxylic acids is 1. The Morgan fingerprint density at radius 3 is 3.15 bits per heavy atom. The summed E-state index contributed by atoms with van der Waals surface area (Å²) in [4.78, 5) is 23.6. The molecular formula is C13H21N5O2. The fourth-order valence-corrected chi connectivity index (χ4v) is 2.28. The fourth-order valence-electron chi connectivity index (χ4n) is 2.28. The minimum absolute atomic E-state index is 0.0252. The van der Waals surface area contributed by atoms with Gasteiger partial charge in [-0.2, -0.15) is 0 Å². The standard InChI is InChI=1S/C13H21N5O2/c1-10-3-4-15-13(16-10)18-5-6-20-11(8-18)7-17(2)9-12(14)19/h3-4,11H,5-9H2,1-2H3,(H2,14,19). The third-order valence-electron chi connectivity index (χ3n) is 3.14. The summed E-state index contributed by atoms with van der Waals surface area (Å²) in [5, 5.41) is 0. The minimum Gasteiger partial charge on any atom is -0.373 e. The van der Waals surface area contributed by atoms with Gasteiger partial charge < -0.3 is 15.4 Å². The molecule has 0 saturated carbocycles. The molecule has 1 unspecified atom stereocenters. The van der Waals surface area contributed by atoms with Crippen LogP contribution in [0.3, 0.4) is 0 Å². The van der Waals surface area contributed by atoms with E-state index in [4.69, 9.17) is 10.5 Å². The number of aromatic nitrogens is 2. The first-order valence-corrected chi connectivity index (χ1v) is 6.67. The van der Waals surface area contributed by atoms with Gasteiger partial charge in [0.2, 0.25) is 11.9 Å². The molecule has 110 valence electrons. The Morgan fingerprint density at radius 2 is 2.45 bits per heavy atom. The number of hydrogen-bond acceptors (Lipinski definition) is 6. The van der Waals surface area contributed by atoms with Gasteiger partial charge in [-0.15, -0.1) is 0 Å². The Morgan fingerprint density at radius 1 is 1.65 bits per heavy atom. The number of aryl methyl sites for hydroxylation is 1. The smallest absolute Gasteiger partial charge is 0.231 e. The summed E-state index contributed by atoms with van der Waals surface area (Å²) < 4.78 is 5.72. The van der Waals surface area contributed by atoms with E-state index in [-0.39, 0.29) is 18.6 Å². The van der Waals surface area contributed by atoms with Gasteiger partial charge in [-0.1, -0.05) is 0 Å². The summed E-state index contributed by atoms with van der Waals surface area (Å²) in [5.41, 5.74) is 6.13. The molecule has 1 atom stereocenters. The van der Waals surface area contributed by atoms with Crippen molar-refractivity contribution in [3.05, 3.63) is 18.0 Å². The van der Waals surface area contributed by atoms with Crippen molar-refractivity contribution < 1.29 is 9.53 Å². The first-order chi connectivity index (χ1) is 9.54. The van der Waals surface area contributed by atoms with Crippen LogP contribution in [0.25, 0.3) is 0 Å². The zero-order chi connectivity index (χ0) is 14.5. The molecule has 1 amide bonds. The van der Waals surface area contributed by atoms with Crippen LogP contribution in [0.15, 0.2) is 12.3 Å². The molecule has 7 heteroatoms. The minimum atomic E-state index is -0.331. The van der Waals surface area contributed by atoms with Crippen molar-refractivity contribution in [2.45, 2.75) is 13.0 Å². The number of anilines is 1. The molecule has 7 nitrogen and oxygen atoms in total. The van der Waals surface area contributed by atoms with Crippen molar-refractivity contribution in [1.82, 2.24) is 14.9 Å². The Bertz CT molecular complexity index is 468. The highest BCUT2D eigenvalue weighted by atomic mass is 16.5. The molecule has 0 radical (unpaired) electrons. The maximum absolute atomic E-state index is 10.9. The predicted octanol–water partition coefficient (Wildman–Crippen LogP) is -0.593. The van der Waals surface area contributed by atoms with Crippen LogP contribution in [0.4, 0.5) is 5.95 Å². The molecule has 2 N–H and O–H groups in total. The van der Waals surface area contributed by atoms with Gasteiger partial charge in [0.05, 0.1) is 19.3 Å². The van der Waals surface area contributed by atoms with Gasteiger partial charge in [-0.25, -0.2) is 9.97 Å². The number of rotatable bonds is 5. The lowest BCUT2D eigenvalue weighted by atomic mass is 10.2. The molecule has 20 heavy (non-hydrogen) atoms. The van der Waals surface area contributed by atoms with Gasteiger partial charge in [0, 0.05) is 31.5 Å². The van der Waals surface area contributed by atoms with Crippen LogP contribution < -0.4 is 10.6 Å². The highest BCUT2D eigenvalue weighted by Gasteiger charge is 2.23. The third-order valence-corrected chi connectivity index (χ3v) is 3.14. The summed E-state index contributed by atoms with van der Waals surface area (Å²) in [6.45, 7) is 4.97. The molecule has 1 aromatic rings. The second kappa shape index (κ2) is 6.62. The van der Waals surface area contributed by atoms with E-state index >= 15 is 0 Å². The van der Waals surface area contributed by atoms with E-state index in [1.54, 1.807) is 6.20 Å². The van der Waals surface area contributed by atoms with Crippen LogP contribution in [0.2, 0.25) is 0 Å². The van der Waals surface area contributed by atoms with E-state index in [0.717, 1.165) is 18.2 Å². The van der Waals surface area contributed by atoms with Gasteiger partial charge in [0.1, 0.15) is 0 Å². The molecule has 2 heterocycles. The van der Waals surface area contributed by atoms with E-state index in [0.29, 0.717) is 19.7 Å². The summed E-state index contributed by atoms with van der Waals surface area (Å²) in [5.74, 6) is 0.401. The summed E-state index contributed by atoms with van der Waals surface area (Å²) in [6, 6.07) is 1.88. The van der Waals surface area contributed by atoms with Crippen molar-refractivity contribution in [2.24, 2.45) is 5.73 Å². The maximum Gasteiger partial charge on any atom is 0.231 e. The Hall–Kier alpha value is -1.73. The maximum atomic E-state index is 10.9. The molecule has 1 aromatic heterocycles. The Labute approximate surface area is 118 Å². The third kappa shape index (κ3) is 4.14. The Balaban J connectivity index is 1.93. The van der Waals surface area contributed by atoms with Gasteiger partial charge >= 0.3 is 0 Å². The average molecular weight is 279 g/mol. The lowest BCUT2D eigenvalue weighted by Gasteiger charge is -2.34. The van der Waals surface area contributed by atoms with E-state index in [9.17, 15) is 4.79 Å². The van der Waals surface area contributed by atoms with E-state index in [1.807, 2.05) is 24.9 Å². The molecule has 0 spiro atoms. The van der Waals surface area contributed by atoms with Gasteiger partial charge in [-0.05, 0) is 20.0 Å². The Kier molecular flexibility index (Phi) is 4.86. The molecule has 1 aliphatic rings. The number of nitrogens with zero attached hydrogens (tertiary/aromatic N) is 4. The van der Waals surface area contributed by atoms with E-state index in [1.165, 1.54) is 0 Å². The molecule has 0 bridgehead atoms. The zero-order valence-corrected chi connectivity index (χ0v) is 12.0. The summed E-state index contributed by atoms with van der Waals surface area (Å²) >= 11 is 0. The lowest BCUT2D eigenvalue weighted by molar-refractivity contribution is -0.119. The van der Waals surface area contributed by atoms with Crippen molar-refractivity contribution >= 4 is 11.9 Å². The van der Waals surface area contributed by atoms with Crippen molar-refractivity contribution in [3.8, 4) is 0 Å². The van der Waals surface area contributed by atoms with Gasteiger partial charge in [0.15, 0.2) is 0 Å². The fraction of sp³-hybridized carbons (Fsp3) is 0.615. The molecule has 1 aliphatic heterocycles. The van der Waals surface area contributed by atoms with Crippen LogP contribution in [0.1, 0.15) is 5.69 Å². The number of amides is 1. The van der Waals surface area contributed by atoms with Crippen LogP contribution in [0.5, 0.6) is 0 Å². The number of nitrogens with two attached hydrogens (primary N) is 1. The van der Waals surface area contributed by atoms with Gasteiger partial charge in [0.25, 0.3) is 0 Å². The summed E-state index contributed by atoms with van der Waals surface area (Å²) in [7, 11) is 1.86. The first-order valence-electron chi connectivity index (χ1n) is 6.67. The van der Waals surface area contributed by atoms with Crippen LogP contribution in [-0.4, -0.2) is 66.7 Å². The first kappa shape index (κ1) is 14.7. The number of carbonyl (C=O) groups is 1. The van der Waals surface area contributed by atoms with Crippen LogP contribution in [-0.2, 0) is 9.53 Å². The molecule has 0 aromatic carbocycles. The number of likely N-dealkylation sites (N-methyl/N-ethyl adjacent to an activating group) is 1. The molecule has 0 aliphatic carbocycles. The molecule has 2 rings (SSSR count). The number of ether oxygens (including phenoxy) is 1. The van der Waals surface area contributed by atoms with E-state index < -0.39 is 0 Å². The zero-order valence-electron chi connectivity index (χ0n) is 12.0. The lowest BCUT2D eigenvalue weighted by Crippen LogP contribution is -2.48. The molecular weight excluding hydrogens is 258 g/mol. The average Bonchev–Trinajstić information content (AvgIpc) is 2.38. The van der Waals surface area contributed by atoms with Crippen LogP contribution in [0, 0.1) is 6.92 Å². The second-order valence-corrected chi connectivity index (χ2v) is 5.10. The predicted molar refractivity (Wildman–Crippen MR) is 75.4 cm³/mol. The van der Waals surface area contributed by atoms with Crippen LogP contribution >= 0.6 is 0 Å². The van der Waals surface area contributed by atoms with Crippen molar-refractivity contribution in [3.63, 3.8) is 0 Å². The van der Waals surface area contributed by atoms with Crippen molar-refractivity contribution in [1.29, 1.82) is 0 Å². The van der Waals surface area contributed by atoms with Gasteiger partial charge in [-0.3, -0.25) is 9.69 Å².